The van der Waals surface area contributed by atoms with Gasteiger partial charge in [0.1, 0.15) is 5.72 Å². The Morgan fingerprint density at radius 1 is 1.56 bits per heavy atom. The first kappa shape index (κ1) is 13.1. The van der Waals surface area contributed by atoms with Crippen LogP contribution in [-0.2, 0) is 0 Å². The molecule has 0 bridgehead atoms. The Balaban J connectivity index is 2.04. The van der Waals surface area contributed by atoms with Gasteiger partial charge in [-0.2, -0.15) is 22.9 Å². The van der Waals surface area contributed by atoms with Crippen LogP contribution in [0.3, 0.4) is 0 Å². The molecule has 4 nitrogen and oxygen atoms in total. The molecule has 1 saturated carbocycles. The predicted molar refractivity (Wildman–Crippen MR) is 71.1 cm³/mol. The summed E-state index contributed by atoms with van der Waals surface area (Å²) in [5.41, 5.74) is -0.804. The minimum atomic E-state index is -0.804. The maximum atomic E-state index is 10.6. The normalized spacial score (nSPS) is 37.4. The lowest BCUT2D eigenvalue weighted by atomic mass is 9.71. The maximum absolute atomic E-state index is 10.6. The van der Waals surface area contributed by atoms with Crippen LogP contribution >= 0.6 is 22.9 Å². The van der Waals surface area contributed by atoms with Crippen molar-refractivity contribution in [3.8, 4) is 0 Å². The number of nitrogens with zero attached hydrogens (tertiary/aromatic N) is 1. The van der Waals surface area contributed by atoms with Gasteiger partial charge >= 0.3 is 12.8 Å². The van der Waals surface area contributed by atoms with E-state index in [2.05, 4.69) is 17.2 Å². The van der Waals surface area contributed by atoms with Gasteiger partial charge in [0, 0.05) is 0 Å². The van der Waals surface area contributed by atoms with E-state index in [0.29, 0.717) is 13.5 Å². The van der Waals surface area contributed by atoms with Gasteiger partial charge in [-0.3, -0.25) is 0 Å². The van der Waals surface area contributed by atoms with Crippen LogP contribution in [0.15, 0.2) is 0 Å². The molecule has 1 aliphatic carbocycles. The summed E-state index contributed by atoms with van der Waals surface area (Å²) >= 11 is 12.1. The molecule has 1 heterocycles. The summed E-state index contributed by atoms with van der Waals surface area (Å²) in [4.78, 5) is 0. The standard InChI is InChI=1S/C7H16B3Cl2N3O/c1-6-3-2-4-7(16,5-6)15-8-13-9(11)14-10(15)12/h6,8,13-14,16H,2-5H2,1H3. The predicted octanol–water partition coefficient (Wildman–Crippen LogP) is 0.0938. The lowest BCUT2D eigenvalue weighted by molar-refractivity contribution is -0.0722. The molecule has 1 aliphatic heterocycles. The van der Waals surface area contributed by atoms with E-state index in [1.165, 1.54) is 6.42 Å². The van der Waals surface area contributed by atoms with Crippen LogP contribution in [0.1, 0.15) is 32.6 Å². The summed E-state index contributed by atoms with van der Waals surface area (Å²) in [6.45, 7) is 2.17. The fourth-order valence-electron chi connectivity index (χ4n) is 2.64. The average molecular weight is 262 g/mol. The van der Waals surface area contributed by atoms with Gasteiger partial charge in [0.05, 0.1) is 0 Å². The lowest BCUT2D eigenvalue weighted by Gasteiger charge is -2.47. The van der Waals surface area contributed by atoms with Gasteiger partial charge in [0.15, 0.2) is 0 Å². The van der Waals surface area contributed by atoms with Gasteiger partial charge in [-0.1, -0.05) is 13.3 Å². The third-order valence-corrected chi connectivity index (χ3v) is 4.12. The highest BCUT2D eigenvalue weighted by atomic mass is 35.5. The summed E-state index contributed by atoms with van der Waals surface area (Å²) in [5, 5.41) is 16.6. The molecule has 0 aromatic heterocycles. The Kier molecular flexibility index (Phi) is 4.15. The van der Waals surface area contributed by atoms with Crippen LogP contribution in [0.5, 0.6) is 0 Å². The average Bonchev–Trinajstić information content (AvgIpc) is 2.16. The van der Waals surface area contributed by atoms with E-state index < -0.39 is 12.1 Å². The summed E-state index contributed by atoms with van der Waals surface area (Å²) in [5.74, 6) is 0.538. The Morgan fingerprint density at radius 3 is 2.94 bits per heavy atom. The number of rotatable bonds is 1. The SMILES string of the molecule is CC1CCCC(O)(N2BNB(Cl)NB2Cl)C1. The summed E-state index contributed by atoms with van der Waals surface area (Å²) in [6, 6.07) is 0. The van der Waals surface area contributed by atoms with Crippen molar-refractivity contribution in [1.82, 2.24) is 15.0 Å². The number of hydrogen-bond acceptors (Lipinski definition) is 4. The fourth-order valence-corrected chi connectivity index (χ4v) is 3.27. The summed E-state index contributed by atoms with van der Waals surface area (Å²) in [7, 11) is 0.512. The van der Waals surface area contributed by atoms with Crippen molar-refractivity contribution < 1.29 is 5.11 Å². The van der Waals surface area contributed by atoms with Crippen molar-refractivity contribution >= 4 is 43.3 Å². The zero-order chi connectivity index (χ0) is 11.8. The zero-order valence-electron chi connectivity index (χ0n) is 9.42. The Bertz CT molecular complexity index is 265. The van der Waals surface area contributed by atoms with Crippen LogP contribution in [0, 0.1) is 5.92 Å². The molecule has 0 radical (unpaired) electrons. The number of nitrogens with one attached hydrogen (secondary N) is 2. The second-order valence-electron chi connectivity index (χ2n) is 4.88. The van der Waals surface area contributed by atoms with Crippen molar-refractivity contribution in [1.29, 1.82) is 0 Å². The molecule has 9 heteroatoms. The van der Waals surface area contributed by atoms with Crippen LogP contribution in [0.2, 0.25) is 0 Å². The molecular weight excluding hydrogens is 245 g/mol. The first-order valence-corrected chi connectivity index (χ1v) is 6.65. The molecule has 0 aromatic carbocycles. The second kappa shape index (κ2) is 5.08. The number of hydrogen-bond donors (Lipinski definition) is 3. The number of aliphatic hydroxyl groups is 1. The molecule has 88 valence electrons. The molecule has 3 N–H and O–H groups in total. The topological polar surface area (TPSA) is 47.5 Å². The largest absolute Gasteiger partial charge is 0.399 e. The molecule has 2 atom stereocenters. The van der Waals surface area contributed by atoms with Crippen molar-refractivity contribution in [3.63, 3.8) is 0 Å². The summed E-state index contributed by atoms with van der Waals surface area (Å²) in [6.07, 6.45) is 3.02. The van der Waals surface area contributed by atoms with E-state index in [-0.39, 0.29) is 6.40 Å². The van der Waals surface area contributed by atoms with Crippen LogP contribution in [0.25, 0.3) is 0 Å². The zero-order valence-corrected chi connectivity index (χ0v) is 10.9. The van der Waals surface area contributed by atoms with Gasteiger partial charge in [-0.05, 0) is 25.2 Å². The molecule has 2 aliphatic rings. The molecule has 1 saturated heterocycles. The van der Waals surface area contributed by atoms with E-state index in [4.69, 9.17) is 22.9 Å². The third kappa shape index (κ3) is 2.71. The van der Waals surface area contributed by atoms with Crippen molar-refractivity contribution in [2.45, 2.75) is 38.3 Å². The summed E-state index contributed by atoms with van der Waals surface area (Å²) < 4.78 is 1.85. The van der Waals surface area contributed by atoms with Crippen molar-refractivity contribution in [2.24, 2.45) is 5.92 Å². The van der Waals surface area contributed by atoms with Crippen LogP contribution in [0.4, 0.5) is 0 Å². The van der Waals surface area contributed by atoms with Crippen LogP contribution < -0.4 is 10.3 Å². The van der Waals surface area contributed by atoms with Gasteiger partial charge in [0.2, 0.25) is 0 Å². The first-order valence-electron chi connectivity index (χ1n) is 5.78. The number of halogens is 2. The smallest absolute Gasteiger partial charge is 0.378 e. The maximum Gasteiger partial charge on any atom is 0.399 e. The highest BCUT2D eigenvalue weighted by molar-refractivity contribution is 7.19. The lowest BCUT2D eigenvalue weighted by Crippen LogP contribution is -2.73. The minimum absolute atomic E-state index is 0.330. The molecule has 16 heavy (non-hydrogen) atoms. The molecular formula is C7H16B3Cl2N3O. The monoisotopic (exact) mass is 261 g/mol. The molecule has 0 aromatic rings. The fraction of sp³-hybridized carbons (Fsp3) is 1.00. The molecule has 0 spiro atoms. The Labute approximate surface area is 108 Å². The highest BCUT2D eigenvalue weighted by Gasteiger charge is 2.45. The first-order chi connectivity index (χ1) is 7.51. The van der Waals surface area contributed by atoms with E-state index in [1.54, 1.807) is 0 Å². The van der Waals surface area contributed by atoms with Gasteiger partial charge in [-0.25, -0.2) is 0 Å². The van der Waals surface area contributed by atoms with Gasteiger partial charge in [0.25, 0.3) is 7.55 Å². The Hall–Kier alpha value is 0.615. The van der Waals surface area contributed by atoms with Gasteiger partial charge in [-0.15, -0.1) is 0 Å². The minimum Gasteiger partial charge on any atom is -0.378 e. The van der Waals surface area contributed by atoms with E-state index >= 15 is 0 Å². The second-order valence-corrected chi connectivity index (χ2v) is 5.73. The van der Waals surface area contributed by atoms with Gasteiger partial charge < -0.3 is 20.1 Å². The van der Waals surface area contributed by atoms with E-state index in [9.17, 15) is 5.11 Å². The quantitative estimate of drug-likeness (QED) is 0.586. The van der Waals surface area contributed by atoms with Crippen molar-refractivity contribution in [2.75, 3.05) is 0 Å². The van der Waals surface area contributed by atoms with E-state index in [1.807, 2.05) is 4.72 Å². The molecule has 0 amide bonds. The third-order valence-electron chi connectivity index (χ3n) is 3.48. The van der Waals surface area contributed by atoms with Crippen LogP contribution in [-0.4, -0.2) is 35.9 Å². The molecule has 2 fully saturated rings. The highest BCUT2D eigenvalue weighted by Crippen LogP contribution is 2.35. The van der Waals surface area contributed by atoms with Crippen molar-refractivity contribution in [3.05, 3.63) is 0 Å². The molecule has 2 unspecified atom stereocenters. The Morgan fingerprint density at radius 2 is 2.31 bits per heavy atom. The molecule has 2 rings (SSSR count). The van der Waals surface area contributed by atoms with E-state index in [0.717, 1.165) is 19.3 Å².